The highest BCUT2D eigenvalue weighted by Crippen LogP contribution is 2.51. The van der Waals surface area contributed by atoms with E-state index in [1.165, 1.54) is 113 Å². The Hall–Kier alpha value is -6.74. The number of nitrogens with zero attached hydrogens (tertiary/aromatic N) is 1. The molecule has 9 aromatic carbocycles. The van der Waals surface area contributed by atoms with Gasteiger partial charge in [0.2, 0.25) is 0 Å². The highest BCUT2D eigenvalue weighted by atomic mass is 32.1. The third-order valence-corrected chi connectivity index (χ3v) is 13.8. The van der Waals surface area contributed by atoms with E-state index >= 15 is 0 Å². The number of benzene rings is 9. The van der Waals surface area contributed by atoms with Crippen LogP contribution in [0.15, 0.2) is 206 Å². The second-order valence-electron chi connectivity index (χ2n) is 16.2. The van der Waals surface area contributed by atoms with Crippen LogP contribution in [0.5, 0.6) is 0 Å². The maximum Gasteiger partial charge on any atom is 0.0540 e. The molecular weight excluding hydrogens is 743 g/mol. The molecule has 11 rings (SSSR count). The van der Waals surface area contributed by atoms with E-state index in [0.29, 0.717) is 5.92 Å². The number of thiophene rings is 1. The van der Waals surface area contributed by atoms with Crippen molar-refractivity contribution < 1.29 is 0 Å². The Kier molecular flexibility index (Phi) is 9.56. The van der Waals surface area contributed by atoms with Gasteiger partial charge in [-0.25, -0.2) is 0 Å². The van der Waals surface area contributed by atoms with Crippen LogP contribution >= 0.6 is 11.3 Å². The lowest BCUT2D eigenvalue weighted by atomic mass is 9.80. The third-order valence-electron chi connectivity index (χ3n) is 12.7. The smallest absolute Gasteiger partial charge is 0.0540 e. The highest BCUT2D eigenvalue weighted by molar-refractivity contribution is 7.25. The molecule has 288 valence electrons. The molecule has 1 nitrogen and oxygen atoms in total. The second-order valence-corrected chi connectivity index (χ2v) is 17.3. The van der Waals surface area contributed by atoms with Gasteiger partial charge in [0.1, 0.15) is 0 Å². The molecular formula is C58H45NS. The normalized spacial score (nSPS) is 13.3. The molecule has 60 heavy (non-hydrogen) atoms. The minimum absolute atomic E-state index is 0.577. The first-order chi connectivity index (χ1) is 29.8. The van der Waals surface area contributed by atoms with Crippen LogP contribution in [-0.2, 0) is 0 Å². The van der Waals surface area contributed by atoms with Crippen LogP contribution in [0.1, 0.15) is 43.6 Å². The van der Waals surface area contributed by atoms with Gasteiger partial charge in [-0.3, -0.25) is 0 Å². The highest BCUT2D eigenvalue weighted by Gasteiger charge is 2.26. The summed E-state index contributed by atoms with van der Waals surface area (Å²) in [5.74, 6) is 0.577. The van der Waals surface area contributed by atoms with Crippen molar-refractivity contribution in [1.82, 2.24) is 0 Å². The molecule has 1 fully saturated rings. The molecule has 1 aliphatic rings. The fourth-order valence-corrected chi connectivity index (χ4v) is 11.0. The Labute approximate surface area is 356 Å². The van der Waals surface area contributed by atoms with Gasteiger partial charge in [-0.15, -0.1) is 11.3 Å². The maximum absolute atomic E-state index is 2.56. The SMILES string of the molecule is c1ccc(-c2ccc(-c3ccccc3N(c3ccccc3-c3cccc4cccc(C5CCCCC5)c34)c3ccccc3-c3cccc4sc5ccccc5c34)cc2)cc1. The van der Waals surface area contributed by atoms with Crippen LogP contribution in [0.4, 0.5) is 17.1 Å². The first-order valence-electron chi connectivity index (χ1n) is 21.5. The van der Waals surface area contributed by atoms with Gasteiger partial charge in [0.05, 0.1) is 17.1 Å². The molecule has 10 aromatic rings. The zero-order chi connectivity index (χ0) is 39.8. The van der Waals surface area contributed by atoms with Gasteiger partial charge in [0, 0.05) is 36.9 Å². The average Bonchev–Trinajstić information content (AvgIpc) is 3.72. The Morgan fingerprint density at radius 1 is 0.350 bits per heavy atom. The molecule has 0 spiro atoms. The molecule has 1 aromatic heterocycles. The van der Waals surface area contributed by atoms with Crippen molar-refractivity contribution in [3.63, 3.8) is 0 Å². The number of hydrogen-bond donors (Lipinski definition) is 0. The summed E-state index contributed by atoms with van der Waals surface area (Å²) >= 11 is 1.88. The molecule has 1 aliphatic carbocycles. The molecule has 1 heterocycles. The molecule has 0 N–H and O–H groups in total. The topological polar surface area (TPSA) is 3.24 Å². The van der Waals surface area contributed by atoms with Crippen molar-refractivity contribution in [2.75, 3.05) is 4.90 Å². The molecule has 0 atom stereocenters. The molecule has 0 unspecified atom stereocenters. The first kappa shape index (κ1) is 36.3. The van der Waals surface area contributed by atoms with Gasteiger partial charge in [0.25, 0.3) is 0 Å². The molecule has 0 amide bonds. The summed E-state index contributed by atoms with van der Waals surface area (Å²) < 4.78 is 2.62. The van der Waals surface area contributed by atoms with Crippen LogP contribution in [0.2, 0.25) is 0 Å². The summed E-state index contributed by atoms with van der Waals surface area (Å²) in [6, 6.07) is 76.5. The monoisotopic (exact) mass is 787 g/mol. The summed E-state index contributed by atoms with van der Waals surface area (Å²) in [4.78, 5) is 2.56. The largest absolute Gasteiger partial charge is 0.309 e. The van der Waals surface area contributed by atoms with E-state index in [9.17, 15) is 0 Å². The lowest BCUT2D eigenvalue weighted by Crippen LogP contribution is -2.14. The Morgan fingerprint density at radius 2 is 0.850 bits per heavy atom. The van der Waals surface area contributed by atoms with Gasteiger partial charge < -0.3 is 4.90 Å². The van der Waals surface area contributed by atoms with Crippen LogP contribution in [0.25, 0.3) is 75.5 Å². The number of para-hydroxylation sites is 3. The quantitative estimate of drug-likeness (QED) is 0.148. The maximum atomic E-state index is 2.56. The average molecular weight is 788 g/mol. The first-order valence-corrected chi connectivity index (χ1v) is 22.3. The van der Waals surface area contributed by atoms with Crippen LogP contribution in [0, 0.1) is 0 Å². The zero-order valence-electron chi connectivity index (χ0n) is 33.6. The Balaban J connectivity index is 1.17. The van der Waals surface area contributed by atoms with Gasteiger partial charge in [0.15, 0.2) is 0 Å². The van der Waals surface area contributed by atoms with Gasteiger partial charge >= 0.3 is 0 Å². The molecule has 1 saturated carbocycles. The third kappa shape index (κ3) is 6.49. The van der Waals surface area contributed by atoms with Crippen molar-refractivity contribution in [3.05, 3.63) is 212 Å². The van der Waals surface area contributed by atoms with Crippen molar-refractivity contribution in [1.29, 1.82) is 0 Å². The standard InChI is InChI=1S/C58H45NS/c1-3-18-40(19-4-1)41-36-38-43(39-37-41)45-24-7-11-31-52(45)59(54-33-13-9-26-48(54)50-30-17-35-56-58(50)51-27-10-14-34-55(51)60-56)53-32-12-8-25-47(53)49-29-16-23-44-22-15-28-46(57(44)49)42-20-5-2-6-21-42/h1,3-4,7-19,22-39,42H,2,5-6,20-21H2. The molecule has 2 heteroatoms. The fraction of sp³-hybridized carbons (Fsp3) is 0.103. The predicted molar refractivity (Wildman–Crippen MR) is 259 cm³/mol. The van der Waals surface area contributed by atoms with Gasteiger partial charge in [-0.1, -0.05) is 195 Å². The zero-order valence-corrected chi connectivity index (χ0v) is 34.4. The van der Waals surface area contributed by atoms with E-state index in [0.717, 1.165) is 17.1 Å². The molecule has 0 radical (unpaired) electrons. The van der Waals surface area contributed by atoms with Crippen molar-refractivity contribution in [2.45, 2.75) is 38.0 Å². The van der Waals surface area contributed by atoms with Crippen molar-refractivity contribution in [2.24, 2.45) is 0 Å². The summed E-state index contributed by atoms with van der Waals surface area (Å²) in [5, 5.41) is 5.33. The van der Waals surface area contributed by atoms with Crippen molar-refractivity contribution >= 4 is 59.3 Å². The van der Waals surface area contributed by atoms with E-state index in [1.807, 2.05) is 11.3 Å². The minimum atomic E-state index is 0.577. The number of hydrogen-bond acceptors (Lipinski definition) is 2. The second kappa shape index (κ2) is 15.8. The van der Waals surface area contributed by atoms with Gasteiger partial charge in [-0.05, 0) is 93.2 Å². The molecule has 0 bridgehead atoms. The van der Waals surface area contributed by atoms with E-state index in [2.05, 4.69) is 211 Å². The molecule has 0 saturated heterocycles. The summed E-state index contributed by atoms with van der Waals surface area (Å²) in [5.41, 5.74) is 14.7. The van der Waals surface area contributed by atoms with Crippen LogP contribution < -0.4 is 4.90 Å². The summed E-state index contributed by atoms with van der Waals surface area (Å²) in [6.45, 7) is 0. The Morgan fingerprint density at radius 3 is 1.57 bits per heavy atom. The predicted octanol–water partition coefficient (Wildman–Crippen LogP) is 17.4. The lowest BCUT2D eigenvalue weighted by molar-refractivity contribution is 0.445. The van der Waals surface area contributed by atoms with E-state index < -0.39 is 0 Å². The fourth-order valence-electron chi connectivity index (χ4n) is 9.91. The van der Waals surface area contributed by atoms with E-state index in [1.54, 1.807) is 0 Å². The van der Waals surface area contributed by atoms with E-state index in [-0.39, 0.29) is 0 Å². The number of fused-ring (bicyclic) bond motifs is 4. The summed E-state index contributed by atoms with van der Waals surface area (Å²) in [7, 11) is 0. The number of rotatable bonds is 8. The van der Waals surface area contributed by atoms with Crippen molar-refractivity contribution in [3.8, 4) is 44.5 Å². The van der Waals surface area contributed by atoms with Crippen LogP contribution in [-0.4, -0.2) is 0 Å². The Bertz CT molecular complexity index is 3130. The lowest BCUT2D eigenvalue weighted by Gasteiger charge is -2.32. The minimum Gasteiger partial charge on any atom is -0.309 e. The van der Waals surface area contributed by atoms with Gasteiger partial charge in [-0.2, -0.15) is 0 Å². The van der Waals surface area contributed by atoms with E-state index in [4.69, 9.17) is 0 Å². The number of anilines is 3. The molecule has 0 aliphatic heterocycles. The summed E-state index contributed by atoms with van der Waals surface area (Å²) in [6.07, 6.45) is 6.47. The van der Waals surface area contributed by atoms with Crippen LogP contribution in [0.3, 0.4) is 0 Å².